The van der Waals surface area contributed by atoms with E-state index in [0.29, 0.717) is 16.8 Å². The molecule has 0 aliphatic carbocycles. The summed E-state index contributed by atoms with van der Waals surface area (Å²) in [5.41, 5.74) is -3.42. The SMILES string of the molecule is COC(=O)[C@@H](C)Oc1cc(F)c(-c2nn(C)c(C(F)(F)F)c2Cl)cc1[N+](=O)[O-]. The van der Waals surface area contributed by atoms with Crippen molar-refractivity contribution >= 4 is 23.3 Å². The summed E-state index contributed by atoms with van der Waals surface area (Å²) >= 11 is 5.70. The molecule has 1 heterocycles. The van der Waals surface area contributed by atoms with Crippen molar-refractivity contribution in [2.24, 2.45) is 7.05 Å². The highest BCUT2D eigenvalue weighted by Crippen LogP contribution is 2.42. The molecule has 0 aliphatic heterocycles. The molecule has 0 spiro atoms. The van der Waals surface area contributed by atoms with E-state index in [0.717, 1.165) is 14.2 Å². The summed E-state index contributed by atoms with van der Waals surface area (Å²) in [5, 5.41) is 13.9. The van der Waals surface area contributed by atoms with Crippen molar-refractivity contribution in [2.45, 2.75) is 19.2 Å². The van der Waals surface area contributed by atoms with Gasteiger partial charge in [0.15, 0.2) is 11.8 Å². The first kappa shape index (κ1) is 21.4. The number of benzene rings is 1. The third-order valence-corrected chi connectivity index (χ3v) is 3.95. The Labute approximate surface area is 159 Å². The zero-order chi connectivity index (χ0) is 21.4. The molecule has 0 amide bonds. The number of esters is 1. The van der Waals surface area contributed by atoms with Crippen LogP contribution >= 0.6 is 11.6 Å². The summed E-state index contributed by atoms with van der Waals surface area (Å²) in [6.07, 6.45) is -6.18. The van der Waals surface area contributed by atoms with Crippen LogP contribution in [0.4, 0.5) is 23.2 Å². The lowest BCUT2D eigenvalue weighted by atomic mass is 10.1. The first-order chi connectivity index (χ1) is 12.9. The smallest absolute Gasteiger partial charge is 0.434 e. The van der Waals surface area contributed by atoms with Gasteiger partial charge < -0.3 is 9.47 Å². The number of hydrogen-bond donors (Lipinski definition) is 0. The minimum Gasteiger partial charge on any atom is -0.472 e. The first-order valence-corrected chi connectivity index (χ1v) is 7.78. The second-order valence-corrected chi connectivity index (χ2v) is 5.85. The Bertz CT molecular complexity index is 945. The molecule has 1 atom stereocenters. The van der Waals surface area contributed by atoms with Crippen molar-refractivity contribution in [1.82, 2.24) is 9.78 Å². The molecule has 0 aliphatic rings. The van der Waals surface area contributed by atoms with Crippen LogP contribution in [-0.2, 0) is 22.8 Å². The number of aryl methyl sites for hydroxylation is 1. The zero-order valence-corrected chi connectivity index (χ0v) is 15.3. The van der Waals surface area contributed by atoms with E-state index in [1.54, 1.807) is 0 Å². The molecule has 0 saturated carbocycles. The molecule has 0 bridgehead atoms. The van der Waals surface area contributed by atoms with E-state index in [9.17, 15) is 32.5 Å². The average Bonchev–Trinajstić information content (AvgIpc) is 2.88. The van der Waals surface area contributed by atoms with E-state index in [4.69, 9.17) is 16.3 Å². The number of nitrogens with zero attached hydrogens (tertiary/aromatic N) is 3. The van der Waals surface area contributed by atoms with Gasteiger partial charge in [0, 0.05) is 24.7 Å². The van der Waals surface area contributed by atoms with Gasteiger partial charge in [0.25, 0.3) is 0 Å². The number of nitro groups is 1. The molecule has 152 valence electrons. The highest BCUT2D eigenvalue weighted by atomic mass is 35.5. The van der Waals surface area contributed by atoms with Crippen LogP contribution in [0, 0.1) is 15.9 Å². The van der Waals surface area contributed by atoms with E-state index >= 15 is 0 Å². The van der Waals surface area contributed by atoms with Crippen molar-refractivity contribution in [2.75, 3.05) is 7.11 Å². The van der Waals surface area contributed by atoms with E-state index in [2.05, 4.69) is 9.84 Å². The van der Waals surface area contributed by atoms with Crippen LogP contribution in [0.2, 0.25) is 5.02 Å². The quantitative estimate of drug-likeness (QED) is 0.313. The molecule has 0 fully saturated rings. The first-order valence-electron chi connectivity index (χ1n) is 7.41. The Balaban J connectivity index is 2.62. The Kier molecular flexibility index (Phi) is 5.83. The van der Waals surface area contributed by atoms with Crippen LogP contribution in [0.5, 0.6) is 5.75 Å². The number of ether oxygens (including phenoxy) is 2. The maximum Gasteiger partial charge on any atom is 0.434 e. The van der Waals surface area contributed by atoms with Gasteiger partial charge in [0.05, 0.1) is 17.1 Å². The number of carbonyl (C=O) groups excluding carboxylic acids is 1. The molecule has 8 nitrogen and oxygen atoms in total. The summed E-state index contributed by atoms with van der Waals surface area (Å²) < 4.78 is 63.5. The topological polar surface area (TPSA) is 96.5 Å². The van der Waals surface area contributed by atoms with Crippen LogP contribution in [0.1, 0.15) is 12.6 Å². The van der Waals surface area contributed by atoms with E-state index in [-0.39, 0.29) is 0 Å². The van der Waals surface area contributed by atoms with Gasteiger partial charge in [-0.15, -0.1) is 0 Å². The highest BCUT2D eigenvalue weighted by molar-refractivity contribution is 6.33. The summed E-state index contributed by atoms with van der Waals surface area (Å²) in [5.74, 6) is -2.68. The number of methoxy groups -OCH3 is 1. The van der Waals surface area contributed by atoms with Gasteiger partial charge in [-0.05, 0) is 6.92 Å². The van der Waals surface area contributed by atoms with Gasteiger partial charge in [-0.25, -0.2) is 9.18 Å². The van der Waals surface area contributed by atoms with E-state index < -0.39 is 62.4 Å². The molecule has 28 heavy (non-hydrogen) atoms. The number of rotatable bonds is 5. The fourth-order valence-electron chi connectivity index (χ4n) is 2.34. The minimum atomic E-state index is -4.88. The fraction of sp³-hybridized carbons (Fsp3) is 0.333. The monoisotopic (exact) mass is 425 g/mol. The maximum atomic E-state index is 14.5. The summed E-state index contributed by atoms with van der Waals surface area (Å²) in [7, 11) is 2.00. The van der Waals surface area contributed by atoms with Gasteiger partial charge in [-0.1, -0.05) is 11.6 Å². The standard InChI is InChI=1S/C15H12ClF4N3O5/c1-6(14(24)27-3)28-10-5-8(17)7(4-9(10)23(25)26)12-11(16)13(15(18,19)20)22(2)21-12/h4-6H,1-3H3/t6-/m1/s1. The van der Waals surface area contributed by atoms with Gasteiger partial charge in [-0.2, -0.15) is 18.3 Å². The van der Waals surface area contributed by atoms with Crippen LogP contribution in [0.15, 0.2) is 12.1 Å². The number of halogens is 5. The van der Waals surface area contributed by atoms with Crippen molar-refractivity contribution in [3.05, 3.63) is 38.8 Å². The Morgan fingerprint density at radius 3 is 2.46 bits per heavy atom. The Morgan fingerprint density at radius 2 is 2.00 bits per heavy atom. The molecule has 0 N–H and O–H groups in total. The third-order valence-electron chi connectivity index (χ3n) is 3.60. The molecule has 1 aromatic heterocycles. The summed E-state index contributed by atoms with van der Waals surface area (Å²) in [4.78, 5) is 21.7. The van der Waals surface area contributed by atoms with Gasteiger partial charge >= 0.3 is 17.8 Å². The molecule has 0 saturated heterocycles. The van der Waals surface area contributed by atoms with E-state index in [1.165, 1.54) is 6.92 Å². The van der Waals surface area contributed by atoms with Crippen LogP contribution < -0.4 is 4.74 Å². The predicted molar refractivity (Wildman–Crippen MR) is 87.4 cm³/mol. The van der Waals surface area contributed by atoms with E-state index in [1.807, 2.05) is 0 Å². The fourth-order valence-corrected chi connectivity index (χ4v) is 2.71. The van der Waals surface area contributed by atoms with Crippen LogP contribution in [0.3, 0.4) is 0 Å². The van der Waals surface area contributed by atoms with Crippen LogP contribution in [-0.4, -0.2) is 33.9 Å². The second kappa shape index (κ2) is 7.62. The third kappa shape index (κ3) is 4.01. The molecule has 2 rings (SSSR count). The number of hydrogen-bond acceptors (Lipinski definition) is 6. The van der Waals surface area contributed by atoms with Crippen LogP contribution in [0.25, 0.3) is 11.3 Å². The van der Waals surface area contributed by atoms with Gasteiger partial charge in [0.2, 0.25) is 5.75 Å². The van der Waals surface area contributed by atoms with Gasteiger partial charge in [0.1, 0.15) is 11.5 Å². The zero-order valence-electron chi connectivity index (χ0n) is 14.5. The Morgan fingerprint density at radius 1 is 1.39 bits per heavy atom. The lowest BCUT2D eigenvalue weighted by molar-refractivity contribution is -0.386. The van der Waals surface area contributed by atoms with Crippen molar-refractivity contribution < 1.29 is 36.8 Å². The van der Waals surface area contributed by atoms with Gasteiger partial charge in [-0.3, -0.25) is 14.8 Å². The minimum absolute atomic E-state index is 0.396. The summed E-state index contributed by atoms with van der Waals surface area (Å²) in [6, 6.07) is 1.19. The molecule has 0 unspecified atom stereocenters. The average molecular weight is 426 g/mol. The molecule has 13 heteroatoms. The highest BCUT2D eigenvalue weighted by Gasteiger charge is 2.39. The van der Waals surface area contributed by atoms with Crippen molar-refractivity contribution in [1.29, 1.82) is 0 Å². The Hall–Kier alpha value is -2.89. The predicted octanol–water partition coefficient (Wildman–Crippen LogP) is 3.75. The number of alkyl halides is 3. The molecular weight excluding hydrogens is 414 g/mol. The normalized spacial score (nSPS) is 12.6. The second-order valence-electron chi connectivity index (χ2n) is 5.47. The lowest BCUT2D eigenvalue weighted by Gasteiger charge is -2.13. The molecule has 0 radical (unpaired) electrons. The lowest BCUT2D eigenvalue weighted by Crippen LogP contribution is -2.25. The van der Waals surface area contributed by atoms with Crippen molar-refractivity contribution in [3.63, 3.8) is 0 Å². The van der Waals surface area contributed by atoms with Crippen molar-refractivity contribution in [3.8, 4) is 17.0 Å². The number of aromatic nitrogens is 2. The number of nitro benzene ring substituents is 1. The summed E-state index contributed by atoms with van der Waals surface area (Å²) in [6.45, 7) is 1.21. The number of carbonyl (C=O) groups is 1. The largest absolute Gasteiger partial charge is 0.472 e. The maximum absolute atomic E-state index is 14.5. The molecular formula is C15H12ClF4N3O5. The molecule has 1 aromatic carbocycles. The molecule has 2 aromatic rings.